The van der Waals surface area contributed by atoms with Crippen LogP contribution in [0.1, 0.15) is 26.3 Å². The smallest absolute Gasteiger partial charge is 0.241 e. The van der Waals surface area contributed by atoms with Gasteiger partial charge < -0.3 is 15.5 Å². The Kier molecular flexibility index (Phi) is 7.58. The van der Waals surface area contributed by atoms with Gasteiger partial charge in [0.25, 0.3) is 0 Å². The molecule has 0 aliphatic rings. The summed E-state index contributed by atoms with van der Waals surface area (Å²) in [6.07, 6.45) is 0. The molecule has 0 bridgehead atoms. The van der Waals surface area contributed by atoms with Crippen LogP contribution in [-0.2, 0) is 16.1 Å². The third-order valence-corrected chi connectivity index (χ3v) is 4.64. The summed E-state index contributed by atoms with van der Waals surface area (Å²) in [5, 5.41) is 5.66. The predicted octanol–water partition coefficient (Wildman–Crippen LogP) is 3.56. The maximum Gasteiger partial charge on any atom is 0.241 e. The number of rotatable bonds is 8. The molecule has 0 unspecified atom stereocenters. The molecule has 2 aromatic carbocycles. The van der Waals surface area contributed by atoms with Gasteiger partial charge in [-0.3, -0.25) is 14.5 Å². The Morgan fingerprint density at radius 1 is 0.929 bits per heavy atom. The van der Waals surface area contributed by atoms with E-state index < -0.39 is 0 Å². The lowest BCUT2D eigenvalue weighted by molar-refractivity contribution is -0.121. The molecule has 150 valence electrons. The van der Waals surface area contributed by atoms with Crippen molar-refractivity contribution in [2.75, 3.05) is 36.2 Å². The number of amides is 2. The van der Waals surface area contributed by atoms with Crippen LogP contribution in [0.25, 0.3) is 0 Å². The number of hydrogen-bond acceptors (Lipinski definition) is 4. The molecular formula is C22H30N4O2. The van der Waals surface area contributed by atoms with Crippen LogP contribution in [-0.4, -0.2) is 43.4 Å². The molecule has 1 atom stereocenters. The largest absolute Gasteiger partial charge is 0.378 e. The number of hydrogen-bond donors (Lipinski definition) is 2. The number of carbonyl (C=O) groups is 2. The molecule has 2 amide bonds. The highest BCUT2D eigenvalue weighted by Crippen LogP contribution is 2.17. The summed E-state index contributed by atoms with van der Waals surface area (Å²) in [5.74, 6) is -0.179. The summed E-state index contributed by atoms with van der Waals surface area (Å²) in [7, 11) is 4.03. The van der Waals surface area contributed by atoms with E-state index in [9.17, 15) is 9.59 Å². The normalized spacial score (nSPS) is 11.8. The molecule has 0 aliphatic heterocycles. The third-order valence-electron chi connectivity index (χ3n) is 4.64. The molecule has 0 heterocycles. The Morgan fingerprint density at radius 2 is 1.46 bits per heavy atom. The van der Waals surface area contributed by atoms with Crippen LogP contribution >= 0.6 is 0 Å². The van der Waals surface area contributed by atoms with E-state index in [1.54, 1.807) is 24.3 Å². The van der Waals surface area contributed by atoms with Gasteiger partial charge in [0.15, 0.2) is 0 Å². The molecule has 2 rings (SSSR count). The molecule has 6 nitrogen and oxygen atoms in total. The van der Waals surface area contributed by atoms with Crippen LogP contribution in [0.5, 0.6) is 0 Å². The van der Waals surface area contributed by atoms with E-state index in [-0.39, 0.29) is 17.9 Å². The number of likely N-dealkylation sites (N-methyl/N-ethyl adjacent to an activating group) is 1. The Morgan fingerprint density at radius 3 is 1.93 bits per heavy atom. The fraction of sp³-hybridized carbons (Fsp3) is 0.364. The van der Waals surface area contributed by atoms with Crippen LogP contribution < -0.4 is 15.5 Å². The first-order chi connectivity index (χ1) is 13.3. The molecule has 0 saturated heterocycles. The van der Waals surface area contributed by atoms with Gasteiger partial charge in [0.2, 0.25) is 11.8 Å². The molecule has 0 saturated carbocycles. The van der Waals surface area contributed by atoms with Gasteiger partial charge in [0.05, 0.1) is 6.04 Å². The van der Waals surface area contributed by atoms with Gasteiger partial charge in [0, 0.05) is 44.6 Å². The van der Waals surface area contributed by atoms with E-state index in [1.165, 1.54) is 12.5 Å². The third kappa shape index (κ3) is 6.09. The molecule has 0 spiro atoms. The first-order valence-electron chi connectivity index (χ1n) is 9.49. The van der Waals surface area contributed by atoms with Crippen molar-refractivity contribution in [1.82, 2.24) is 4.90 Å². The standard InChI is InChI=1S/C22H30N4O2/c1-6-26(15-18-7-13-21(14-8-18)25(4)5)16(2)22(28)24-20-11-9-19(10-12-20)23-17(3)27/h7-14,16H,6,15H2,1-5H3,(H,23,27)(H,24,28)/t16-/m1/s1. The first-order valence-corrected chi connectivity index (χ1v) is 9.49. The average molecular weight is 383 g/mol. The maximum absolute atomic E-state index is 12.7. The van der Waals surface area contributed by atoms with Crippen LogP contribution in [0.15, 0.2) is 48.5 Å². The lowest BCUT2D eigenvalue weighted by atomic mass is 10.1. The summed E-state index contributed by atoms with van der Waals surface area (Å²) in [6.45, 7) is 6.91. The van der Waals surface area contributed by atoms with Crippen LogP contribution in [0.2, 0.25) is 0 Å². The summed E-state index contributed by atoms with van der Waals surface area (Å²) in [5.41, 5.74) is 3.74. The second-order valence-electron chi connectivity index (χ2n) is 7.05. The van der Waals surface area contributed by atoms with Gasteiger partial charge in [-0.25, -0.2) is 0 Å². The lowest BCUT2D eigenvalue weighted by Crippen LogP contribution is -2.41. The second kappa shape index (κ2) is 9.90. The Bertz CT molecular complexity index is 785. The number of nitrogens with one attached hydrogen (secondary N) is 2. The molecule has 0 radical (unpaired) electrons. The second-order valence-corrected chi connectivity index (χ2v) is 7.05. The zero-order chi connectivity index (χ0) is 20.7. The van der Waals surface area contributed by atoms with E-state index in [2.05, 4.69) is 51.6 Å². The van der Waals surface area contributed by atoms with Crippen molar-refractivity contribution >= 4 is 28.9 Å². The van der Waals surface area contributed by atoms with Crippen molar-refractivity contribution < 1.29 is 9.59 Å². The fourth-order valence-electron chi connectivity index (χ4n) is 2.91. The summed E-state index contributed by atoms with van der Waals surface area (Å²) in [6, 6.07) is 15.2. The van der Waals surface area contributed by atoms with Crippen molar-refractivity contribution in [3.8, 4) is 0 Å². The Labute approximate surface area is 167 Å². The molecule has 28 heavy (non-hydrogen) atoms. The minimum absolute atomic E-state index is 0.0564. The summed E-state index contributed by atoms with van der Waals surface area (Å²) < 4.78 is 0. The van der Waals surface area contributed by atoms with E-state index in [4.69, 9.17) is 0 Å². The fourth-order valence-corrected chi connectivity index (χ4v) is 2.91. The monoisotopic (exact) mass is 382 g/mol. The van der Waals surface area contributed by atoms with Gasteiger partial charge in [-0.05, 0) is 55.4 Å². The molecule has 6 heteroatoms. The molecule has 2 N–H and O–H groups in total. The lowest BCUT2D eigenvalue weighted by Gasteiger charge is -2.27. The quantitative estimate of drug-likeness (QED) is 0.733. The van der Waals surface area contributed by atoms with Crippen LogP contribution in [0, 0.1) is 0 Å². The Balaban J connectivity index is 1.98. The highest BCUT2D eigenvalue weighted by molar-refractivity contribution is 5.95. The average Bonchev–Trinajstić information content (AvgIpc) is 2.67. The van der Waals surface area contributed by atoms with E-state index in [1.807, 2.05) is 21.0 Å². The van der Waals surface area contributed by atoms with Crippen LogP contribution in [0.4, 0.5) is 17.1 Å². The van der Waals surface area contributed by atoms with E-state index in [0.717, 1.165) is 12.2 Å². The minimum Gasteiger partial charge on any atom is -0.378 e. The summed E-state index contributed by atoms with van der Waals surface area (Å²) in [4.78, 5) is 28.0. The SMILES string of the molecule is CCN(Cc1ccc(N(C)C)cc1)[C@H](C)C(=O)Nc1ccc(NC(C)=O)cc1. The van der Waals surface area contributed by atoms with Crippen LogP contribution in [0.3, 0.4) is 0 Å². The Hall–Kier alpha value is -2.86. The van der Waals surface area contributed by atoms with Crippen molar-refractivity contribution in [3.05, 3.63) is 54.1 Å². The highest BCUT2D eigenvalue weighted by Gasteiger charge is 2.20. The van der Waals surface area contributed by atoms with Crippen molar-refractivity contribution in [2.45, 2.75) is 33.4 Å². The maximum atomic E-state index is 12.7. The molecule has 0 aromatic heterocycles. The number of benzene rings is 2. The van der Waals surface area contributed by atoms with Gasteiger partial charge in [0.1, 0.15) is 0 Å². The van der Waals surface area contributed by atoms with Crippen molar-refractivity contribution in [1.29, 1.82) is 0 Å². The first kappa shape index (κ1) is 21.4. The van der Waals surface area contributed by atoms with Crippen molar-refractivity contribution in [3.63, 3.8) is 0 Å². The number of carbonyl (C=O) groups excluding carboxylic acids is 2. The van der Waals surface area contributed by atoms with Gasteiger partial charge in [-0.1, -0.05) is 19.1 Å². The van der Waals surface area contributed by atoms with E-state index >= 15 is 0 Å². The predicted molar refractivity (Wildman–Crippen MR) is 116 cm³/mol. The van der Waals surface area contributed by atoms with Gasteiger partial charge in [-0.2, -0.15) is 0 Å². The topological polar surface area (TPSA) is 64.7 Å². The van der Waals surface area contributed by atoms with Crippen molar-refractivity contribution in [2.24, 2.45) is 0 Å². The molecular weight excluding hydrogens is 352 g/mol. The van der Waals surface area contributed by atoms with Gasteiger partial charge >= 0.3 is 0 Å². The minimum atomic E-state index is -0.270. The summed E-state index contributed by atoms with van der Waals surface area (Å²) >= 11 is 0. The molecule has 0 aliphatic carbocycles. The zero-order valence-electron chi connectivity index (χ0n) is 17.3. The number of anilines is 3. The van der Waals surface area contributed by atoms with E-state index in [0.29, 0.717) is 17.9 Å². The molecule has 2 aromatic rings. The highest BCUT2D eigenvalue weighted by atomic mass is 16.2. The molecule has 0 fully saturated rings. The zero-order valence-corrected chi connectivity index (χ0v) is 17.3. The van der Waals surface area contributed by atoms with Gasteiger partial charge in [-0.15, -0.1) is 0 Å². The number of nitrogens with zero attached hydrogens (tertiary/aromatic N) is 2.